The third kappa shape index (κ3) is 3.96. The number of nitrogens with zero attached hydrogens (tertiary/aromatic N) is 1. The van der Waals surface area contributed by atoms with Crippen LogP contribution in [0.4, 0.5) is 0 Å². The average molecular weight is 253 g/mol. The van der Waals surface area contributed by atoms with Crippen molar-refractivity contribution in [1.29, 1.82) is 0 Å². The highest BCUT2D eigenvalue weighted by atomic mass is 16.3. The molecule has 1 heterocycles. The van der Waals surface area contributed by atoms with Gasteiger partial charge < -0.3 is 10.0 Å². The summed E-state index contributed by atoms with van der Waals surface area (Å²) < 4.78 is 0. The molecule has 2 heteroatoms. The Balaban J connectivity index is 1.68. The van der Waals surface area contributed by atoms with Crippen molar-refractivity contribution in [3.8, 4) is 0 Å². The maximum atomic E-state index is 10.5. The lowest BCUT2D eigenvalue weighted by Crippen LogP contribution is -2.39. The molecule has 0 radical (unpaired) electrons. The Bertz CT molecular complexity index is 237. The molecule has 0 aromatic heterocycles. The number of likely N-dealkylation sites (tertiary alicyclic amines) is 1. The van der Waals surface area contributed by atoms with Gasteiger partial charge in [0.2, 0.25) is 0 Å². The lowest BCUT2D eigenvalue weighted by atomic mass is 9.79. The van der Waals surface area contributed by atoms with E-state index in [1.54, 1.807) is 0 Å². The van der Waals surface area contributed by atoms with E-state index in [1.807, 2.05) is 0 Å². The van der Waals surface area contributed by atoms with E-state index in [0.29, 0.717) is 6.04 Å². The Kier molecular flexibility index (Phi) is 5.08. The maximum Gasteiger partial charge on any atom is 0.0648 e. The molecule has 1 aliphatic carbocycles. The van der Waals surface area contributed by atoms with Crippen molar-refractivity contribution < 1.29 is 5.11 Å². The molecular weight excluding hydrogens is 222 g/mol. The van der Waals surface area contributed by atoms with E-state index in [-0.39, 0.29) is 5.60 Å². The summed E-state index contributed by atoms with van der Waals surface area (Å²) in [4.78, 5) is 2.59. The smallest absolute Gasteiger partial charge is 0.0648 e. The summed E-state index contributed by atoms with van der Waals surface area (Å²) >= 11 is 0. The highest BCUT2D eigenvalue weighted by molar-refractivity contribution is 4.84. The number of piperidine rings is 1. The number of rotatable bonds is 4. The molecule has 0 aromatic carbocycles. The van der Waals surface area contributed by atoms with Crippen LogP contribution in [0.5, 0.6) is 0 Å². The minimum atomic E-state index is -0.298. The van der Waals surface area contributed by atoms with Crippen LogP contribution in [0.3, 0.4) is 0 Å². The Morgan fingerprint density at radius 3 is 2.28 bits per heavy atom. The lowest BCUT2D eigenvalue weighted by Gasteiger charge is -2.37. The number of hydrogen-bond acceptors (Lipinski definition) is 2. The Morgan fingerprint density at radius 1 is 1.11 bits per heavy atom. The Morgan fingerprint density at radius 2 is 1.72 bits per heavy atom. The third-order valence-electron chi connectivity index (χ3n) is 5.18. The first-order chi connectivity index (χ1) is 8.59. The van der Waals surface area contributed by atoms with Gasteiger partial charge in [0.15, 0.2) is 0 Å². The predicted octanol–water partition coefficient (Wildman–Crippen LogP) is 3.58. The van der Waals surface area contributed by atoms with E-state index in [9.17, 15) is 5.11 Å². The normalized spacial score (nSPS) is 26.7. The van der Waals surface area contributed by atoms with E-state index in [0.717, 1.165) is 25.2 Å². The minimum Gasteiger partial charge on any atom is -0.390 e. The van der Waals surface area contributed by atoms with Gasteiger partial charge in [-0.05, 0) is 71.4 Å². The van der Waals surface area contributed by atoms with Crippen LogP contribution in [0.2, 0.25) is 0 Å². The molecule has 18 heavy (non-hydrogen) atoms. The van der Waals surface area contributed by atoms with Gasteiger partial charge in [0.1, 0.15) is 0 Å². The molecule has 1 aliphatic heterocycles. The Hall–Kier alpha value is -0.0800. The first-order valence-corrected chi connectivity index (χ1v) is 8.05. The summed E-state index contributed by atoms with van der Waals surface area (Å²) in [6, 6.07) is 0.702. The molecule has 0 aromatic rings. The molecule has 2 fully saturated rings. The maximum absolute atomic E-state index is 10.5. The largest absolute Gasteiger partial charge is 0.390 e. The molecule has 2 aliphatic rings. The van der Waals surface area contributed by atoms with Crippen molar-refractivity contribution in [2.24, 2.45) is 5.92 Å². The van der Waals surface area contributed by atoms with Crippen molar-refractivity contribution in [2.45, 2.75) is 83.3 Å². The van der Waals surface area contributed by atoms with Crippen LogP contribution in [0.15, 0.2) is 0 Å². The molecule has 0 amide bonds. The molecule has 1 N–H and O–H groups in total. The monoisotopic (exact) mass is 253 g/mol. The summed E-state index contributed by atoms with van der Waals surface area (Å²) in [6.45, 7) is 7.12. The standard InChI is InChI=1S/C16H31NO/c1-14(2)17-12-7-15(8-13-17)6-11-16(18)9-4-3-5-10-16/h14-15,18H,3-13H2,1-2H3. The van der Waals surface area contributed by atoms with Crippen molar-refractivity contribution in [2.75, 3.05) is 13.1 Å². The third-order valence-corrected chi connectivity index (χ3v) is 5.18. The number of aliphatic hydroxyl groups is 1. The fourth-order valence-corrected chi connectivity index (χ4v) is 3.69. The van der Waals surface area contributed by atoms with Gasteiger partial charge >= 0.3 is 0 Å². The van der Waals surface area contributed by atoms with Gasteiger partial charge in [0.25, 0.3) is 0 Å². The molecular formula is C16H31NO. The van der Waals surface area contributed by atoms with Gasteiger partial charge in [0.05, 0.1) is 5.60 Å². The zero-order valence-corrected chi connectivity index (χ0v) is 12.3. The molecule has 0 unspecified atom stereocenters. The zero-order valence-electron chi connectivity index (χ0n) is 12.3. The van der Waals surface area contributed by atoms with E-state index < -0.39 is 0 Å². The van der Waals surface area contributed by atoms with Gasteiger partial charge in [0, 0.05) is 6.04 Å². The SMILES string of the molecule is CC(C)N1CCC(CCC2(O)CCCCC2)CC1. The molecule has 0 atom stereocenters. The van der Waals surface area contributed by atoms with Gasteiger partial charge in [-0.15, -0.1) is 0 Å². The van der Waals surface area contributed by atoms with Crippen molar-refractivity contribution in [1.82, 2.24) is 4.90 Å². The summed E-state index contributed by atoms with van der Waals surface area (Å²) in [5, 5.41) is 10.5. The number of hydrogen-bond donors (Lipinski definition) is 1. The molecule has 1 saturated heterocycles. The summed E-state index contributed by atoms with van der Waals surface area (Å²) in [5.74, 6) is 0.867. The Labute approximate surface area is 113 Å². The summed E-state index contributed by atoms with van der Waals surface area (Å²) in [5.41, 5.74) is -0.298. The summed E-state index contributed by atoms with van der Waals surface area (Å²) in [6.07, 6.45) is 10.9. The van der Waals surface area contributed by atoms with Crippen molar-refractivity contribution >= 4 is 0 Å². The van der Waals surface area contributed by atoms with Gasteiger partial charge in [-0.3, -0.25) is 0 Å². The van der Waals surface area contributed by atoms with Crippen LogP contribution in [0.1, 0.15) is 71.6 Å². The van der Waals surface area contributed by atoms with Crippen LogP contribution >= 0.6 is 0 Å². The minimum absolute atomic E-state index is 0.298. The first-order valence-electron chi connectivity index (χ1n) is 8.05. The van der Waals surface area contributed by atoms with Crippen LogP contribution < -0.4 is 0 Å². The molecule has 0 bridgehead atoms. The van der Waals surface area contributed by atoms with Gasteiger partial charge in [-0.1, -0.05) is 19.3 Å². The van der Waals surface area contributed by atoms with Crippen LogP contribution in [0.25, 0.3) is 0 Å². The van der Waals surface area contributed by atoms with E-state index in [2.05, 4.69) is 18.7 Å². The van der Waals surface area contributed by atoms with Crippen LogP contribution in [0, 0.1) is 5.92 Å². The van der Waals surface area contributed by atoms with Crippen molar-refractivity contribution in [3.05, 3.63) is 0 Å². The molecule has 2 nitrogen and oxygen atoms in total. The average Bonchev–Trinajstić information content (AvgIpc) is 2.38. The van der Waals surface area contributed by atoms with Crippen LogP contribution in [-0.4, -0.2) is 34.7 Å². The first kappa shape index (κ1) is 14.3. The lowest BCUT2D eigenvalue weighted by molar-refractivity contribution is -0.0117. The molecule has 1 saturated carbocycles. The highest BCUT2D eigenvalue weighted by Crippen LogP contribution is 2.34. The fraction of sp³-hybridized carbons (Fsp3) is 1.00. The topological polar surface area (TPSA) is 23.5 Å². The second-order valence-corrected chi connectivity index (χ2v) is 6.90. The van der Waals surface area contributed by atoms with E-state index in [1.165, 1.54) is 51.6 Å². The fourth-order valence-electron chi connectivity index (χ4n) is 3.69. The van der Waals surface area contributed by atoms with Gasteiger partial charge in [-0.2, -0.15) is 0 Å². The molecule has 0 spiro atoms. The summed E-state index contributed by atoms with van der Waals surface area (Å²) in [7, 11) is 0. The predicted molar refractivity (Wildman–Crippen MR) is 76.7 cm³/mol. The van der Waals surface area contributed by atoms with Crippen LogP contribution in [-0.2, 0) is 0 Å². The second-order valence-electron chi connectivity index (χ2n) is 6.90. The van der Waals surface area contributed by atoms with E-state index >= 15 is 0 Å². The van der Waals surface area contributed by atoms with Crippen molar-refractivity contribution in [3.63, 3.8) is 0 Å². The molecule has 106 valence electrons. The van der Waals surface area contributed by atoms with Gasteiger partial charge in [-0.25, -0.2) is 0 Å². The molecule has 2 rings (SSSR count). The quantitative estimate of drug-likeness (QED) is 0.828. The van der Waals surface area contributed by atoms with E-state index in [4.69, 9.17) is 0 Å². The second kappa shape index (κ2) is 6.38. The highest BCUT2D eigenvalue weighted by Gasteiger charge is 2.30. The zero-order chi connectivity index (χ0) is 13.0.